The molecule has 1 aromatic heterocycles. The van der Waals surface area contributed by atoms with Crippen LogP contribution in [0, 0.1) is 17.6 Å². The minimum absolute atomic E-state index is 0.0427. The molecule has 1 N–H and O–H groups in total. The van der Waals surface area contributed by atoms with Gasteiger partial charge in [0.05, 0.1) is 21.5 Å². The third kappa shape index (κ3) is 4.24. The monoisotopic (exact) mass is 423 g/mol. The Morgan fingerprint density at radius 1 is 1.21 bits per heavy atom. The summed E-state index contributed by atoms with van der Waals surface area (Å²) in [5.74, 6) is -1.44. The van der Waals surface area contributed by atoms with Gasteiger partial charge in [0.1, 0.15) is 5.82 Å². The smallest absolute Gasteiger partial charge is 0.321 e. The molecule has 0 atom stereocenters. The highest BCUT2D eigenvalue weighted by molar-refractivity contribution is 7.92. The summed E-state index contributed by atoms with van der Waals surface area (Å²) in [4.78, 5) is 17.5. The number of nitrogens with zero attached hydrogens (tertiary/aromatic N) is 2. The van der Waals surface area contributed by atoms with Crippen LogP contribution >= 0.6 is 0 Å². The minimum atomic E-state index is -3.77. The van der Waals surface area contributed by atoms with Gasteiger partial charge < -0.3 is 10.2 Å². The van der Waals surface area contributed by atoms with Crippen molar-refractivity contribution in [3.05, 3.63) is 54.4 Å². The summed E-state index contributed by atoms with van der Waals surface area (Å²) in [6.45, 7) is 3.95. The molecule has 1 saturated heterocycles. The summed E-state index contributed by atoms with van der Waals surface area (Å²) in [5.41, 5.74) is 0.0427. The van der Waals surface area contributed by atoms with Crippen molar-refractivity contribution in [3.8, 4) is 0 Å². The molecule has 0 saturated carbocycles. The molecule has 0 unspecified atom stereocenters. The quantitative estimate of drug-likeness (QED) is 0.810. The highest BCUT2D eigenvalue weighted by atomic mass is 32.2. The number of piperidine rings is 1. The zero-order chi connectivity index (χ0) is 21.2. The van der Waals surface area contributed by atoms with Crippen molar-refractivity contribution in [2.24, 2.45) is 5.92 Å². The number of carbonyl (C=O) groups excluding carboxylic acids is 1. The van der Waals surface area contributed by atoms with Gasteiger partial charge in [-0.2, -0.15) is 0 Å². The van der Waals surface area contributed by atoms with Crippen LogP contribution in [-0.4, -0.2) is 42.2 Å². The largest absolute Gasteiger partial charge is 0.325 e. The molecule has 1 aliphatic heterocycles. The maximum absolute atomic E-state index is 13.7. The van der Waals surface area contributed by atoms with E-state index in [1.807, 2.05) is 0 Å². The summed E-state index contributed by atoms with van der Waals surface area (Å²) < 4.78 is 52.3. The van der Waals surface area contributed by atoms with Crippen LogP contribution in [0.15, 0.2) is 47.6 Å². The maximum atomic E-state index is 13.7. The van der Waals surface area contributed by atoms with Gasteiger partial charge in [0.15, 0.2) is 15.7 Å². The number of carbonyl (C=O) groups is 1. The van der Waals surface area contributed by atoms with Gasteiger partial charge in [-0.15, -0.1) is 0 Å². The number of amides is 2. The number of nitrogens with one attached hydrogen (secondary N) is 1. The molecular weight excluding hydrogens is 400 g/mol. The Hall–Kier alpha value is -2.55. The van der Waals surface area contributed by atoms with Gasteiger partial charge in [0.25, 0.3) is 0 Å². The second kappa shape index (κ2) is 8.06. The lowest BCUT2D eigenvalue weighted by Crippen LogP contribution is -2.48. The highest BCUT2D eigenvalue weighted by Gasteiger charge is 2.44. The van der Waals surface area contributed by atoms with Crippen molar-refractivity contribution in [3.63, 3.8) is 0 Å². The molecule has 0 aliphatic carbocycles. The number of aromatic nitrogens is 1. The number of pyridine rings is 1. The van der Waals surface area contributed by atoms with E-state index in [0.717, 1.165) is 12.3 Å². The molecule has 0 spiro atoms. The average Bonchev–Trinajstić information content (AvgIpc) is 2.69. The first-order chi connectivity index (χ1) is 13.6. The summed E-state index contributed by atoms with van der Waals surface area (Å²) in [5, 5.41) is 2.51. The van der Waals surface area contributed by atoms with Crippen molar-refractivity contribution in [1.82, 2.24) is 9.88 Å². The first-order valence-corrected chi connectivity index (χ1v) is 10.8. The van der Waals surface area contributed by atoms with E-state index in [4.69, 9.17) is 0 Å². The number of benzene rings is 1. The van der Waals surface area contributed by atoms with Gasteiger partial charge >= 0.3 is 6.03 Å². The van der Waals surface area contributed by atoms with Crippen LogP contribution in [0.4, 0.5) is 19.3 Å². The van der Waals surface area contributed by atoms with Crippen LogP contribution in [0.2, 0.25) is 0 Å². The van der Waals surface area contributed by atoms with Crippen molar-refractivity contribution < 1.29 is 22.0 Å². The molecule has 0 bridgehead atoms. The summed E-state index contributed by atoms with van der Waals surface area (Å²) in [7, 11) is -3.77. The van der Waals surface area contributed by atoms with Crippen molar-refractivity contribution >= 4 is 21.6 Å². The second-order valence-corrected chi connectivity index (χ2v) is 10.1. The summed E-state index contributed by atoms with van der Waals surface area (Å²) >= 11 is 0. The fourth-order valence-electron chi connectivity index (χ4n) is 3.61. The van der Waals surface area contributed by atoms with Crippen LogP contribution in [-0.2, 0) is 9.84 Å². The number of halogens is 2. The van der Waals surface area contributed by atoms with Gasteiger partial charge in [-0.3, -0.25) is 4.98 Å². The van der Waals surface area contributed by atoms with Crippen LogP contribution in [0.1, 0.15) is 26.7 Å². The Morgan fingerprint density at radius 3 is 2.52 bits per heavy atom. The fraction of sp³-hybridized carbons (Fsp3) is 0.400. The molecule has 2 aromatic rings. The topological polar surface area (TPSA) is 79.4 Å². The van der Waals surface area contributed by atoms with E-state index in [1.54, 1.807) is 13.8 Å². The third-order valence-electron chi connectivity index (χ3n) is 5.58. The standard InChI is InChI=1S/C20H23F2N3O3S/c1-20(2,29(27,28)16-5-3-4-15(21)12-16)14-7-10-25(11-8-14)19(26)24-18-6-9-23-13-17(18)22/h3-6,9,12-14H,7-8,10-11H2,1-2H3,(H,23,24,26). The fourth-order valence-corrected chi connectivity index (χ4v) is 5.41. The lowest BCUT2D eigenvalue weighted by Gasteiger charge is -2.40. The zero-order valence-corrected chi connectivity index (χ0v) is 17.0. The average molecular weight is 423 g/mol. The SMILES string of the molecule is CC(C)(C1CCN(C(=O)Nc2ccncc2F)CC1)S(=O)(=O)c1cccc(F)c1. The third-order valence-corrected chi connectivity index (χ3v) is 8.17. The zero-order valence-electron chi connectivity index (χ0n) is 16.2. The van der Waals surface area contributed by atoms with Crippen LogP contribution in [0.3, 0.4) is 0 Å². The van der Waals surface area contributed by atoms with Crippen molar-refractivity contribution in [1.29, 1.82) is 0 Å². The molecule has 0 radical (unpaired) electrons. The van der Waals surface area contributed by atoms with Gasteiger partial charge in [-0.25, -0.2) is 22.0 Å². The number of hydrogen-bond acceptors (Lipinski definition) is 4. The summed E-state index contributed by atoms with van der Waals surface area (Å²) in [6.07, 6.45) is 3.33. The van der Waals surface area contributed by atoms with E-state index in [2.05, 4.69) is 10.3 Å². The first kappa shape index (κ1) is 21.2. The van der Waals surface area contributed by atoms with Gasteiger partial charge in [0.2, 0.25) is 0 Å². The Labute approximate surface area is 168 Å². The van der Waals surface area contributed by atoms with Crippen molar-refractivity contribution in [2.75, 3.05) is 18.4 Å². The van der Waals surface area contributed by atoms with Crippen LogP contribution < -0.4 is 5.32 Å². The molecule has 9 heteroatoms. The van der Waals surface area contributed by atoms with E-state index in [9.17, 15) is 22.0 Å². The molecule has 2 amide bonds. The van der Waals surface area contributed by atoms with Gasteiger partial charge in [0, 0.05) is 19.3 Å². The normalized spacial score (nSPS) is 15.9. The van der Waals surface area contributed by atoms with E-state index in [0.29, 0.717) is 25.9 Å². The predicted octanol–water partition coefficient (Wildman–Crippen LogP) is 3.86. The number of anilines is 1. The molecule has 156 valence electrons. The molecule has 29 heavy (non-hydrogen) atoms. The molecule has 1 aromatic carbocycles. The first-order valence-electron chi connectivity index (χ1n) is 9.28. The van der Waals surface area contributed by atoms with E-state index in [-0.39, 0.29) is 16.5 Å². The second-order valence-electron chi connectivity index (χ2n) is 7.61. The molecule has 2 heterocycles. The highest BCUT2D eigenvalue weighted by Crippen LogP contribution is 2.38. The lowest BCUT2D eigenvalue weighted by atomic mass is 9.86. The molecule has 1 fully saturated rings. The number of sulfone groups is 1. The number of rotatable bonds is 4. The van der Waals surface area contributed by atoms with Gasteiger partial charge in [-0.1, -0.05) is 6.07 Å². The molecule has 6 nitrogen and oxygen atoms in total. The van der Waals surface area contributed by atoms with E-state index < -0.39 is 32.2 Å². The van der Waals surface area contributed by atoms with Crippen LogP contribution in [0.5, 0.6) is 0 Å². The molecule has 3 rings (SSSR count). The Balaban J connectivity index is 1.68. The Kier molecular flexibility index (Phi) is 5.88. The van der Waals surface area contributed by atoms with Crippen molar-refractivity contribution in [2.45, 2.75) is 36.3 Å². The predicted molar refractivity (Wildman–Crippen MR) is 105 cm³/mol. The Morgan fingerprint density at radius 2 is 1.90 bits per heavy atom. The van der Waals surface area contributed by atoms with Crippen LogP contribution in [0.25, 0.3) is 0 Å². The maximum Gasteiger partial charge on any atom is 0.321 e. The van der Waals surface area contributed by atoms with Gasteiger partial charge in [-0.05, 0) is 56.9 Å². The lowest BCUT2D eigenvalue weighted by molar-refractivity contribution is 0.171. The van der Waals surface area contributed by atoms with E-state index >= 15 is 0 Å². The Bertz CT molecular complexity index is 1000. The van der Waals surface area contributed by atoms with E-state index in [1.165, 1.54) is 35.4 Å². The molecule has 1 aliphatic rings. The number of urea groups is 1. The summed E-state index contributed by atoms with van der Waals surface area (Å²) in [6, 6.07) is 5.93. The minimum Gasteiger partial charge on any atom is -0.325 e. The number of likely N-dealkylation sites (tertiary alicyclic amines) is 1. The number of hydrogen-bond donors (Lipinski definition) is 1. The molecular formula is C20H23F2N3O3S.